The first-order valence-corrected chi connectivity index (χ1v) is 10.3. The van der Waals surface area contributed by atoms with Crippen LogP contribution in [0.5, 0.6) is 0 Å². The first kappa shape index (κ1) is 19.3. The van der Waals surface area contributed by atoms with Gasteiger partial charge in [0.25, 0.3) is 0 Å². The number of anilines is 1. The third kappa shape index (κ3) is 4.19. The van der Waals surface area contributed by atoms with Crippen molar-refractivity contribution in [2.24, 2.45) is 0 Å². The fourth-order valence-corrected chi connectivity index (χ4v) is 4.12. The lowest BCUT2D eigenvalue weighted by molar-refractivity contribution is -0.115. The van der Waals surface area contributed by atoms with Crippen LogP contribution in [0, 0.1) is 0 Å². The van der Waals surface area contributed by atoms with E-state index in [1.807, 2.05) is 25.1 Å². The molecule has 7 heteroatoms. The number of hydrogen-bond donors (Lipinski definition) is 1. The van der Waals surface area contributed by atoms with Crippen molar-refractivity contribution in [1.82, 2.24) is 0 Å². The van der Waals surface area contributed by atoms with Crippen LogP contribution in [0.3, 0.4) is 0 Å². The molecule has 0 atom stereocenters. The monoisotopic (exact) mass is 409 g/mol. The molecular formula is C22H19NO5S. The van der Waals surface area contributed by atoms with Crippen LogP contribution < -0.4 is 10.9 Å². The second kappa shape index (κ2) is 8.13. The molecule has 1 amide bonds. The quantitative estimate of drug-likeness (QED) is 0.515. The molecule has 0 fully saturated rings. The minimum atomic E-state index is -0.525. The Balaban J connectivity index is 1.56. The molecule has 0 unspecified atom stereocenters. The molecule has 1 N–H and O–H groups in total. The van der Waals surface area contributed by atoms with E-state index in [9.17, 15) is 14.4 Å². The highest BCUT2D eigenvalue weighted by Gasteiger charge is 2.17. The molecule has 0 saturated carbocycles. The third-order valence-corrected chi connectivity index (χ3v) is 5.81. The number of esters is 1. The van der Waals surface area contributed by atoms with Crippen molar-refractivity contribution in [3.05, 3.63) is 69.6 Å². The molecule has 29 heavy (non-hydrogen) atoms. The van der Waals surface area contributed by atoms with Gasteiger partial charge in [0, 0.05) is 34.1 Å². The highest BCUT2D eigenvalue weighted by Crippen LogP contribution is 2.31. The summed E-state index contributed by atoms with van der Waals surface area (Å²) in [6.45, 7) is 1.97. The first-order valence-electron chi connectivity index (χ1n) is 9.33. The molecule has 0 aliphatic carbocycles. The minimum Gasteiger partial charge on any atom is -0.457 e. The second-order valence-corrected chi connectivity index (χ2v) is 7.85. The van der Waals surface area contributed by atoms with Gasteiger partial charge in [0.2, 0.25) is 5.91 Å². The molecule has 1 aliphatic heterocycles. The number of benzene rings is 2. The predicted molar refractivity (Wildman–Crippen MR) is 111 cm³/mol. The number of aryl methyl sites for hydroxylation is 1. The Morgan fingerprint density at radius 1 is 1.17 bits per heavy atom. The molecule has 1 aliphatic rings. The van der Waals surface area contributed by atoms with Gasteiger partial charge in [0.15, 0.2) is 0 Å². The van der Waals surface area contributed by atoms with Gasteiger partial charge < -0.3 is 14.5 Å². The average Bonchev–Trinajstić information content (AvgIpc) is 2.90. The van der Waals surface area contributed by atoms with Gasteiger partial charge >= 0.3 is 11.6 Å². The maximum absolute atomic E-state index is 12.5. The van der Waals surface area contributed by atoms with E-state index in [0.717, 1.165) is 22.3 Å². The van der Waals surface area contributed by atoms with E-state index in [1.165, 1.54) is 6.07 Å². The maximum atomic E-state index is 12.5. The summed E-state index contributed by atoms with van der Waals surface area (Å²) < 4.78 is 10.7. The Morgan fingerprint density at radius 3 is 2.86 bits per heavy atom. The van der Waals surface area contributed by atoms with Crippen LogP contribution in [-0.2, 0) is 22.6 Å². The van der Waals surface area contributed by atoms with Crippen LogP contribution in [0.2, 0.25) is 0 Å². The number of hydrogen-bond acceptors (Lipinski definition) is 6. The number of nitrogens with one attached hydrogen (secondary N) is 1. The molecule has 6 nitrogen and oxygen atoms in total. The Kier molecular flexibility index (Phi) is 5.40. The molecule has 1 aromatic heterocycles. The van der Waals surface area contributed by atoms with E-state index in [1.54, 1.807) is 30.0 Å². The number of ether oxygens (including phenoxy) is 1. The maximum Gasteiger partial charge on any atom is 0.338 e. The van der Waals surface area contributed by atoms with E-state index in [0.29, 0.717) is 34.6 Å². The number of rotatable bonds is 4. The van der Waals surface area contributed by atoms with Crippen molar-refractivity contribution in [2.45, 2.75) is 31.3 Å². The fraction of sp³-hybridized carbons (Fsp3) is 0.227. The summed E-state index contributed by atoms with van der Waals surface area (Å²) in [5.41, 5.74) is 2.59. The largest absolute Gasteiger partial charge is 0.457 e. The average molecular weight is 409 g/mol. The lowest BCUT2D eigenvalue weighted by Crippen LogP contribution is -2.12. The van der Waals surface area contributed by atoms with Gasteiger partial charge in [-0.05, 0) is 36.2 Å². The summed E-state index contributed by atoms with van der Waals surface area (Å²) in [6.07, 6.45) is 1.26. The van der Waals surface area contributed by atoms with Crippen molar-refractivity contribution < 1.29 is 18.7 Å². The number of amides is 1. The molecule has 4 rings (SSSR count). The third-order valence-electron chi connectivity index (χ3n) is 4.74. The van der Waals surface area contributed by atoms with Crippen molar-refractivity contribution in [3.8, 4) is 0 Å². The Hall–Kier alpha value is -3.06. The highest BCUT2D eigenvalue weighted by molar-refractivity contribution is 7.99. The lowest BCUT2D eigenvalue weighted by atomic mass is 10.1. The van der Waals surface area contributed by atoms with Crippen molar-refractivity contribution in [1.29, 1.82) is 0 Å². The summed E-state index contributed by atoms with van der Waals surface area (Å²) in [4.78, 5) is 37.1. The van der Waals surface area contributed by atoms with E-state index in [-0.39, 0.29) is 12.5 Å². The van der Waals surface area contributed by atoms with E-state index < -0.39 is 11.6 Å². The van der Waals surface area contributed by atoms with Gasteiger partial charge in [-0.3, -0.25) is 4.79 Å². The molecule has 0 spiro atoms. The summed E-state index contributed by atoms with van der Waals surface area (Å²) in [6, 6.07) is 12.1. The molecule has 2 aromatic carbocycles. The number of carbonyl (C=O) groups excluding carboxylic acids is 2. The number of thioether (sulfide) groups is 1. The van der Waals surface area contributed by atoms with Crippen LogP contribution in [0.1, 0.15) is 34.8 Å². The zero-order chi connectivity index (χ0) is 20.4. The minimum absolute atomic E-state index is 0.0510. The van der Waals surface area contributed by atoms with Gasteiger partial charge in [-0.1, -0.05) is 19.1 Å². The number of fused-ring (bicyclic) bond motifs is 2. The predicted octanol–water partition coefficient (Wildman–Crippen LogP) is 4.15. The molecule has 148 valence electrons. The van der Waals surface area contributed by atoms with Gasteiger partial charge in [-0.25, -0.2) is 9.59 Å². The zero-order valence-corrected chi connectivity index (χ0v) is 16.6. The van der Waals surface area contributed by atoms with Crippen LogP contribution in [-0.4, -0.2) is 17.6 Å². The summed E-state index contributed by atoms with van der Waals surface area (Å²) >= 11 is 1.57. The number of carbonyl (C=O) groups is 2. The standard InChI is InChI=1S/C22H19NO5S/c1-2-13-3-5-16-15(11-21(25)28-18(16)9-13)12-27-22(26)14-4-6-19-17(10-14)23-20(24)7-8-29-19/h3-6,9-11H,2,7-8,12H2,1H3,(H,23,24). The SMILES string of the molecule is CCc1ccc2c(COC(=O)c3ccc4c(c3)NC(=O)CCS4)cc(=O)oc2c1. The first-order chi connectivity index (χ1) is 14.0. The summed E-state index contributed by atoms with van der Waals surface area (Å²) in [7, 11) is 0. The van der Waals surface area contributed by atoms with Crippen molar-refractivity contribution >= 4 is 40.3 Å². The van der Waals surface area contributed by atoms with E-state index >= 15 is 0 Å². The summed E-state index contributed by atoms with van der Waals surface area (Å²) in [5.74, 6) is 0.102. The van der Waals surface area contributed by atoms with Gasteiger partial charge in [-0.15, -0.1) is 11.8 Å². The molecular weight excluding hydrogens is 390 g/mol. The Labute approximate surface area is 171 Å². The van der Waals surface area contributed by atoms with E-state index in [2.05, 4.69) is 5.32 Å². The molecule has 0 bridgehead atoms. The Bertz CT molecular complexity index is 1170. The molecule has 3 aromatic rings. The molecule has 2 heterocycles. The molecule has 0 radical (unpaired) electrons. The van der Waals surface area contributed by atoms with Crippen LogP contribution in [0.15, 0.2) is 56.6 Å². The van der Waals surface area contributed by atoms with E-state index in [4.69, 9.17) is 9.15 Å². The zero-order valence-electron chi connectivity index (χ0n) is 15.8. The van der Waals surface area contributed by atoms with Gasteiger partial charge in [-0.2, -0.15) is 0 Å². The smallest absolute Gasteiger partial charge is 0.338 e. The normalized spacial score (nSPS) is 13.5. The van der Waals surface area contributed by atoms with Gasteiger partial charge in [0.1, 0.15) is 12.2 Å². The van der Waals surface area contributed by atoms with Crippen LogP contribution in [0.4, 0.5) is 5.69 Å². The molecule has 0 saturated heterocycles. The van der Waals surface area contributed by atoms with Crippen molar-refractivity contribution in [2.75, 3.05) is 11.1 Å². The van der Waals surface area contributed by atoms with Gasteiger partial charge in [0.05, 0.1) is 11.3 Å². The van der Waals surface area contributed by atoms with Crippen molar-refractivity contribution in [3.63, 3.8) is 0 Å². The highest BCUT2D eigenvalue weighted by atomic mass is 32.2. The topological polar surface area (TPSA) is 85.6 Å². The summed E-state index contributed by atoms with van der Waals surface area (Å²) in [5, 5.41) is 3.55. The lowest BCUT2D eigenvalue weighted by Gasteiger charge is -2.10. The van der Waals surface area contributed by atoms with Crippen LogP contribution >= 0.6 is 11.8 Å². The van der Waals surface area contributed by atoms with Crippen LogP contribution in [0.25, 0.3) is 11.0 Å². The second-order valence-electron chi connectivity index (χ2n) is 6.71. The fourth-order valence-electron chi connectivity index (χ4n) is 3.19. The Morgan fingerprint density at radius 2 is 2.03 bits per heavy atom.